The van der Waals surface area contributed by atoms with E-state index in [1.807, 2.05) is 0 Å². The minimum absolute atomic E-state index is 0.0250. The number of carbonyl (C=O) groups is 2. The van der Waals surface area contributed by atoms with Crippen LogP contribution in [0.15, 0.2) is 42.5 Å². The van der Waals surface area contributed by atoms with Gasteiger partial charge in [-0.3, -0.25) is 9.59 Å². The fraction of sp³-hybridized carbons (Fsp3) is 0.423. The number of fused-ring (bicyclic) bond motifs is 5. The molecule has 0 saturated carbocycles. The lowest BCUT2D eigenvalue weighted by Gasteiger charge is -2.31. The maximum absolute atomic E-state index is 13.9. The largest absolute Gasteiger partial charge is 0.493 e. The molecule has 3 heterocycles. The average Bonchev–Trinajstić information content (AvgIpc) is 3.42. The van der Waals surface area contributed by atoms with Crippen molar-refractivity contribution < 1.29 is 45.4 Å². The number of carbonyl (C=O) groups excluding carboxylic acids is 2. The van der Waals surface area contributed by atoms with Gasteiger partial charge in [-0.15, -0.1) is 0 Å². The van der Waals surface area contributed by atoms with Crippen LogP contribution in [-0.4, -0.2) is 29.6 Å². The van der Waals surface area contributed by atoms with Crippen LogP contribution >= 0.6 is 0 Å². The van der Waals surface area contributed by atoms with E-state index in [1.165, 1.54) is 24.3 Å². The first-order valence-electron chi connectivity index (χ1n) is 11.7. The molecule has 12 heteroatoms. The van der Waals surface area contributed by atoms with Gasteiger partial charge in [-0.2, -0.15) is 31.6 Å². The Hall–Kier alpha value is -3.59. The van der Waals surface area contributed by atoms with Crippen LogP contribution < -0.4 is 9.64 Å². The van der Waals surface area contributed by atoms with Crippen molar-refractivity contribution in [2.75, 3.05) is 11.5 Å². The van der Waals surface area contributed by atoms with Gasteiger partial charge < -0.3 is 9.47 Å². The van der Waals surface area contributed by atoms with Crippen LogP contribution in [0.2, 0.25) is 0 Å². The molecule has 0 aromatic heterocycles. The molecule has 3 fully saturated rings. The number of rotatable bonds is 5. The predicted octanol–water partition coefficient (Wildman–Crippen LogP) is 5.49. The molecule has 0 aliphatic carbocycles. The molecule has 5 rings (SSSR count). The number of benzene rings is 2. The van der Waals surface area contributed by atoms with Crippen LogP contribution in [0.1, 0.15) is 42.9 Å². The van der Waals surface area contributed by atoms with E-state index in [0.29, 0.717) is 17.7 Å². The summed E-state index contributed by atoms with van der Waals surface area (Å²) in [6, 6.07) is 8.84. The minimum Gasteiger partial charge on any atom is -0.493 e. The van der Waals surface area contributed by atoms with Crippen molar-refractivity contribution in [3.8, 4) is 11.8 Å². The van der Waals surface area contributed by atoms with Crippen LogP contribution in [-0.2, 0) is 26.7 Å². The second-order valence-corrected chi connectivity index (χ2v) is 9.88. The lowest BCUT2D eigenvalue weighted by molar-refractivity contribution is -0.139. The number of anilines is 1. The van der Waals surface area contributed by atoms with Crippen LogP contribution in [0.4, 0.5) is 32.0 Å². The van der Waals surface area contributed by atoms with Gasteiger partial charge in [-0.05, 0) is 50.1 Å². The van der Waals surface area contributed by atoms with Crippen molar-refractivity contribution in [2.24, 2.45) is 11.8 Å². The van der Waals surface area contributed by atoms with Gasteiger partial charge in [0, 0.05) is 6.42 Å². The Morgan fingerprint density at radius 2 is 1.71 bits per heavy atom. The zero-order chi connectivity index (χ0) is 27.7. The Morgan fingerprint density at radius 3 is 2.37 bits per heavy atom. The molecule has 3 aliphatic rings. The van der Waals surface area contributed by atoms with Gasteiger partial charge in [0.15, 0.2) is 0 Å². The summed E-state index contributed by atoms with van der Waals surface area (Å²) in [4.78, 5) is 27.6. The second kappa shape index (κ2) is 8.46. The number of hydrogen-bond acceptors (Lipinski definition) is 5. The Kier molecular flexibility index (Phi) is 5.80. The van der Waals surface area contributed by atoms with Crippen molar-refractivity contribution in [2.45, 2.75) is 49.7 Å². The number of halogens is 6. The zero-order valence-corrected chi connectivity index (χ0v) is 19.8. The van der Waals surface area contributed by atoms with Crippen molar-refractivity contribution in [1.29, 1.82) is 5.26 Å². The molecule has 38 heavy (non-hydrogen) atoms. The summed E-state index contributed by atoms with van der Waals surface area (Å²) in [6.45, 7) is 1.47. The fourth-order valence-corrected chi connectivity index (χ4v) is 6.07. The average molecular weight is 538 g/mol. The third kappa shape index (κ3) is 3.91. The number of nitriles is 1. The Labute approximate surface area is 212 Å². The van der Waals surface area contributed by atoms with Crippen LogP contribution in [0, 0.1) is 23.2 Å². The molecule has 2 amide bonds. The normalized spacial score (nSPS) is 28.5. The van der Waals surface area contributed by atoms with Gasteiger partial charge in [0.1, 0.15) is 5.75 Å². The fourth-order valence-electron chi connectivity index (χ4n) is 6.07. The highest BCUT2D eigenvalue weighted by Crippen LogP contribution is 2.62. The summed E-state index contributed by atoms with van der Waals surface area (Å²) >= 11 is 0. The minimum atomic E-state index is -5.00. The monoisotopic (exact) mass is 538 g/mol. The molecule has 0 radical (unpaired) electrons. The van der Waals surface area contributed by atoms with E-state index >= 15 is 0 Å². The summed E-state index contributed by atoms with van der Waals surface area (Å²) in [5.74, 6) is -3.92. The number of imide groups is 1. The van der Waals surface area contributed by atoms with Gasteiger partial charge >= 0.3 is 12.4 Å². The molecule has 3 saturated heterocycles. The summed E-state index contributed by atoms with van der Waals surface area (Å²) in [7, 11) is 0. The maximum Gasteiger partial charge on any atom is 0.419 e. The predicted molar refractivity (Wildman–Crippen MR) is 119 cm³/mol. The molecule has 2 aromatic rings. The molecule has 2 bridgehead atoms. The first-order valence-corrected chi connectivity index (χ1v) is 11.7. The quantitative estimate of drug-likeness (QED) is 0.372. The maximum atomic E-state index is 13.9. The van der Waals surface area contributed by atoms with E-state index in [2.05, 4.69) is 0 Å². The number of nitrogens with zero attached hydrogens (tertiary/aromatic N) is 2. The standard InChI is InChI=1S/C26H20F6N2O4/c1-23-8-9-24(38-23,10-11-37-16-6-3-5-15(12-16)25(27,28)29)20-19(23)21(35)34(22(20)36)17-7-2-4-14(13-33)18(17)26(30,31)32/h2-7,12,19-20H,8-11H2,1H3. The lowest BCUT2D eigenvalue weighted by Crippen LogP contribution is -2.43. The molecule has 3 aliphatic heterocycles. The summed E-state index contributed by atoms with van der Waals surface area (Å²) in [5, 5.41) is 9.24. The van der Waals surface area contributed by atoms with Gasteiger partial charge in [-0.25, -0.2) is 4.90 Å². The first kappa shape index (κ1) is 26.0. The van der Waals surface area contributed by atoms with Gasteiger partial charge in [-0.1, -0.05) is 12.1 Å². The molecular weight excluding hydrogens is 518 g/mol. The lowest BCUT2D eigenvalue weighted by atomic mass is 9.67. The Balaban J connectivity index is 1.44. The smallest absolute Gasteiger partial charge is 0.419 e. The molecule has 0 N–H and O–H groups in total. The van der Waals surface area contributed by atoms with E-state index in [-0.39, 0.29) is 18.8 Å². The van der Waals surface area contributed by atoms with Crippen LogP contribution in [0.3, 0.4) is 0 Å². The van der Waals surface area contributed by atoms with Crippen molar-refractivity contribution in [3.05, 3.63) is 59.2 Å². The second-order valence-electron chi connectivity index (χ2n) is 9.88. The number of hydrogen-bond donors (Lipinski definition) is 0. The van der Waals surface area contributed by atoms with E-state index in [1.54, 1.807) is 6.92 Å². The highest BCUT2D eigenvalue weighted by Gasteiger charge is 2.74. The molecule has 4 unspecified atom stereocenters. The molecule has 200 valence electrons. The number of alkyl halides is 6. The van der Waals surface area contributed by atoms with Crippen molar-refractivity contribution in [1.82, 2.24) is 0 Å². The van der Waals surface area contributed by atoms with Gasteiger partial charge in [0.2, 0.25) is 11.8 Å². The molecule has 4 atom stereocenters. The zero-order valence-electron chi connectivity index (χ0n) is 19.8. The SMILES string of the molecule is CC12CCC(CCOc3cccc(C(F)(F)F)c3)(O1)C1C(=O)N(c3cccc(C#N)c3C(F)(F)F)C(=O)C12. The molecule has 0 spiro atoms. The Bertz CT molecular complexity index is 1370. The van der Waals surface area contributed by atoms with E-state index in [0.717, 1.165) is 24.3 Å². The molecular formula is C26H20F6N2O4. The van der Waals surface area contributed by atoms with Crippen LogP contribution in [0.25, 0.3) is 0 Å². The highest BCUT2D eigenvalue weighted by molar-refractivity contribution is 6.23. The van der Waals surface area contributed by atoms with E-state index in [4.69, 9.17) is 9.47 Å². The third-order valence-electron chi connectivity index (χ3n) is 7.65. The van der Waals surface area contributed by atoms with Crippen LogP contribution in [0.5, 0.6) is 5.75 Å². The molecule has 6 nitrogen and oxygen atoms in total. The highest BCUT2D eigenvalue weighted by atomic mass is 19.4. The van der Waals surface area contributed by atoms with Crippen molar-refractivity contribution in [3.63, 3.8) is 0 Å². The Morgan fingerprint density at radius 1 is 1.03 bits per heavy atom. The summed E-state index contributed by atoms with van der Waals surface area (Å²) in [6.07, 6.45) is -8.87. The van der Waals surface area contributed by atoms with Gasteiger partial charge in [0.25, 0.3) is 0 Å². The van der Waals surface area contributed by atoms with Gasteiger partial charge in [0.05, 0.1) is 58.1 Å². The summed E-state index contributed by atoms with van der Waals surface area (Å²) in [5.41, 5.74) is -6.06. The number of amides is 2. The summed E-state index contributed by atoms with van der Waals surface area (Å²) < 4.78 is 92.5. The van der Waals surface area contributed by atoms with Crippen molar-refractivity contribution >= 4 is 17.5 Å². The topological polar surface area (TPSA) is 79.6 Å². The third-order valence-corrected chi connectivity index (χ3v) is 7.65. The number of ether oxygens (including phenoxy) is 2. The van der Waals surface area contributed by atoms with E-state index in [9.17, 15) is 41.2 Å². The molecule has 2 aromatic carbocycles. The van der Waals surface area contributed by atoms with E-state index < -0.39 is 69.6 Å². The first-order chi connectivity index (χ1) is 17.7.